The van der Waals surface area contributed by atoms with Crippen molar-refractivity contribution in [2.75, 3.05) is 14.2 Å². The molecule has 2 rings (SSSR count). The van der Waals surface area contributed by atoms with Gasteiger partial charge in [-0.1, -0.05) is 23.8 Å². The molecule has 0 aliphatic carbocycles. The van der Waals surface area contributed by atoms with Gasteiger partial charge in [-0.25, -0.2) is 0 Å². The van der Waals surface area contributed by atoms with E-state index >= 15 is 0 Å². The van der Waals surface area contributed by atoms with Gasteiger partial charge in [-0.3, -0.25) is 0 Å². The predicted molar refractivity (Wildman–Crippen MR) is 102 cm³/mol. The molecular formula is C21H29NO3. The van der Waals surface area contributed by atoms with Crippen LogP contribution >= 0.6 is 0 Å². The standard InChI is InChI=1S/C21H29NO3/c1-14(2)25-20-10-8-17(12-21(20)24-6)13-22-16(4)18-11-15(3)7-9-19(18)23-5/h7-12,14,16,22H,13H2,1-6H3. The first-order chi connectivity index (χ1) is 11.9. The molecule has 2 aromatic carbocycles. The summed E-state index contributed by atoms with van der Waals surface area (Å²) < 4.78 is 16.7. The molecule has 0 heterocycles. The Hall–Kier alpha value is -2.20. The van der Waals surface area contributed by atoms with E-state index in [2.05, 4.69) is 37.4 Å². The second kappa shape index (κ2) is 8.77. The topological polar surface area (TPSA) is 39.7 Å². The minimum absolute atomic E-state index is 0.117. The summed E-state index contributed by atoms with van der Waals surface area (Å²) in [4.78, 5) is 0. The van der Waals surface area contributed by atoms with Crippen LogP contribution in [-0.2, 0) is 6.54 Å². The summed E-state index contributed by atoms with van der Waals surface area (Å²) in [5.41, 5.74) is 3.53. The zero-order valence-electron chi connectivity index (χ0n) is 16.1. The third-order valence-electron chi connectivity index (χ3n) is 4.05. The number of ether oxygens (including phenoxy) is 3. The maximum Gasteiger partial charge on any atom is 0.161 e. The van der Waals surface area contributed by atoms with Crippen molar-refractivity contribution in [1.29, 1.82) is 0 Å². The SMILES string of the molecule is COc1cc(CNC(C)c2cc(C)ccc2OC)ccc1OC(C)C. The Morgan fingerprint density at radius 2 is 1.56 bits per heavy atom. The van der Waals surface area contributed by atoms with Gasteiger partial charge in [0, 0.05) is 18.2 Å². The maximum atomic E-state index is 5.77. The molecule has 4 nitrogen and oxygen atoms in total. The van der Waals surface area contributed by atoms with Gasteiger partial charge in [0.05, 0.1) is 20.3 Å². The summed E-state index contributed by atoms with van der Waals surface area (Å²) in [6.07, 6.45) is 0.117. The maximum absolute atomic E-state index is 5.77. The summed E-state index contributed by atoms with van der Waals surface area (Å²) in [6, 6.07) is 12.5. The molecule has 136 valence electrons. The van der Waals surface area contributed by atoms with E-state index in [-0.39, 0.29) is 12.1 Å². The van der Waals surface area contributed by atoms with Crippen LogP contribution in [0, 0.1) is 6.92 Å². The summed E-state index contributed by atoms with van der Waals surface area (Å²) in [5.74, 6) is 2.44. The summed E-state index contributed by atoms with van der Waals surface area (Å²) in [6.45, 7) is 8.98. The third kappa shape index (κ3) is 5.13. The molecule has 0 amide bonds. The Bertz CT molecular complexity index is 698. The van der Waals surface area contributed by atoms with Gasteiger partial charge >= 0.3 is 0 Å². The number of aryl methyl sites for hydroxylation is 1. The second-order valence-electron chi connectivity index (χ2n) is 6.50. The molecule has 0 saturated heterocycles. The van der Waals surface area contributed by atoms with Gasteiger partial charge in [0.15, 0.2) is 11.5 Å². The van der Waals surface area contributed by atoms with Crippen molar-refractivity contribution in [1.82, 2.24) is 5.32 Å². The van der Waals surface area contributed by atoms with Crippen molar-refractivity contribution in [3.8, 4) is 17.2 Å². The molecule has 25 heavy (non-hydrogen) atoms. The zero-order chi connectivity index (χ0) is 18.4. The Kier molecular flexibility index (Phi) is 6.71. The van der Waals surface area contributed by atoms with E-state index < -0.39 is 0 Å². The van der Waals surface area contributed by atoms with Crippen LogP contribution in [0.25, 0.3) is 0 Å². The number of methoxy groups -OCH3 is 2. The smallest absolute Gasteiger partial charge is 0.161 e. The molecule has 0 aliphatic rings. The zero-order valence-corrected chi connectivity index (χ0v) is 16.1. The minimum Gasteiger partial charge on any atom is -0.496 e. The van der Waals surface area contributed by atoms with Gasteiger partial charge in [0.2, 0.25) is 0 Å². The quantitative estimate of drug-likeness (QED) is 0.757. The number of hydrogen-bond acceptors (Lipinski definition) is 4. The van der Waals surface area contributed by atoms with Crippen LogP contribution in [0.15, 0.2) is 36.4 Å². The molecule has 0 radical (unpaired) electrons. The van der Waals surface area contributed by atoms with Gasteiger partial charge in [-0.05, 0) is 51.5 Å². The first-order valence-corrected chi connectivity index (χ1v) is 8.66. The average Bonchev–Trinajstić information content (AvgIpc) is 2.60. The lowest BCUT2D eigenvalue weighted by molar-refractivity contribution is 0.230. The van der Waals surface area contributed by atoms with Gasteiger partial charge < -0.3 is 19.5 Å². The van der Waals surface area contributed by atoms with Crippen molar-refractivity contribution in [2.24, 2.45) is 0 Å². The average molecular weight is 343 g/mol. The molecule has 2 aromatic rings. The molecule has 0 bridgehead atoms. The van der Waals surface area contributed by atoms with Crippen molar-refractivity contribution >= 4 is 0 Å². The summed E-state index contributed by atoms with van der Waals surface area (Å²) in [7, 11) is 3.37. The lowest BCUT2D eigenvalue weighted by Crippen LogP contribution is -2.19. The fourth-order valence-corrected chi connectivity index (χ4v) is 2.75. The predicted octanol–water partition coefficient (Wildman–Crippen LogP) is 4.65. The molecule has 1 unspecified atom stereocenters. The normalized spacial score (nSPS) is 12.1. The van der Waals surface area contributed by atoms with Crippen LogP contribution < -0.4 is 19.5 Å². The van der Waals surface area contributed by atoms with Crippen molar-refractivity contribution < 1.29 is 14.2 Å². The Balaban J connectivity index is 2.09. The lowest BCUT2D eigenvalue weighted by atomic mass is 10.0. The largest absolute Gasteiger partial charge is 0.496 e. The highest BCUT2D eigenvalue weighted by molar-refractivity contribution is 5.43. The van der Waals surface area contributed by atoms with Crippen LogP contribution in [0.2, 0.25) is 0 Å². The lowest BCUT2D eigenvalue weighted by Gasteiger charge is -2.19. The number of benzene rings is 2. The van der Waals surface area contributed by atoms with E-state index in [9.17, 15) is 0 Å². The van der Waals surface area contributed by atoms with Crippen LogP contribution in [0.3, 0.4) is 0 Å². The van der Waals surface area contributed by atoms with E-state index in [1.807, 2.05) is 32.0 Å². The van der Waals surface area contributed by atoms with Crippen molar-refractivity contribution in [3.63, 3.8) is 0 Å². The number of nitrogens with one attached hydrogen (secondary N) is 1. The molecule has 0 fully saturated rings. The minimum atomic E-state index is 0.117. The monoisotopic (exact) mass is 343 g/mol. The molecule has 0 aromatic heterocycles. The molecule has 1 atom stereocenters. The van der Waals surface area contributed by atoms with Crippen molar-refractivity contribution in [2.45, 2.75) is 46.4 Å². The van der Waals surface area contributed by atoms with Crippen LogP contribution in [0.4, 0.5) is 0 Å². The van der Waals surface area contributed by atoms with E-state index in [1.165, 1.54) is 5.56 Å². The molecule has 4 heteroatoms. The van der Waals surface area contributed by atoms with Gasteiger partial charge in [-0.2, -0.15) is 0 Å². The fraction of sp³-hybridized carbons (Fsp3) is 0.429. The molecular weight excluding hydrogens is 314 g/mol. The van der Waals surface area contributed by atoms with Gasteiger partial charge in [0.25, 0.3) is 0 Å². The van der Waals surface area contributed by atoms with Gasteiger partial charge in [0.1, 0.15) is 5.75 Å². The summed E-state index contributed by atoms with van der Waals surface area (Å²) >= 11 is 0. The first-order valence-electron chi connectivity index (χ1n) is 8.66. The number of rotatable bonds is 8. The van der Waals surface area contributed by atoms with Crippen LogP contribution in [-0.4, -0.2) is 20.3 Å². The highest BCUT2D eigenvalue weighted by Crippen LogP contribution is 2.30. The van der Waals surface area contributed by atoms with E-state index in [4.69, 9.17) is 14.2 Å². The van der Waals surface area contributed by atoms with Gasteiger partial charge in [-0.15, -0.1) is 0 Å². The first kappa shape index (κ1) is 19.1. The number of hydrogen-bond donors (Lipinski definition) is 1. The fourth-order valence-electron chi connectivity index (χ4n) is 2.75. The Morgan fingerprint density at radius 1 is 0.880 bits per heavy atom. The Morgan fingerprint density at radius 3 is 2.20 bits per heavy atom. The molecule has 0 aliphatic heterocycles. The molecule has 1 N–H and O–H groups in total. The van der Waals surface area contributed by atoms with Crippen LogP contribution in [0.5, 0.6) is 17.2 Å². The van der Waals surface area contributed by atoms with Crippen LogP contribution in [0.1, 0.15) is 43.5 Å². The highest BCUT2D eigenvalue weighted by Gasteiger charge is 2.12. The molecule has 0 saturated carbocycles. The summed E-state index contributed by atoms with van der Waals surface area (Å²) in [5, 5.41) is 3.55. The van der Waals surface area contributed by atoms with E-state index in [1.54, 1.807) is 14.2 Å². The third-order valence-corrected chi connectivity index (χ3v) is 4.05. The highest BCUT2D eigenvalue weighted by atomic mass is 16.5. The van der Waals surface area contributed by atoms with E-state index in [0.717, 1.165) is 34.9 Å². The second-order valence-corrected chi connectivity index (χ2v) is 6.50. The van der Waals surface area contributed by atoms with Crippen molar-refractivity contribution in [3.05, 3.63) is 53.1 Å². The van der Waals surface area contributed by atoms with E-state index in [0.29, 0.717) is 0 Å². The Labute approximate surface area is 151 Å². The molecule has 0 spiro atoms.